The van der Waals surface area contributed by atoms with Crippen LogP contribution < -0.4 is 11.1 Å². The van der Waals surface area contributed by atoms with Crippen LogP contribution in [0.3, 0.4) is 0 Å². The molecule has 1 heterocycles. The van der Waals surface area contributed by atoms with Crippen molar-refractivity contribution in [1.29, 1.82) is 0 Å². The molecule has 1 amide bonds. The summed E-state index contributed by atoms with van der Waals surface area (Å²) in [6, 6.07) is 7.24. The predicted octanol–water partition coefficient (Wildman–Crippen LogP) is 0.551. The average Bonchev–Trinajstić information content (AvgIpc) is 3.18. The van der Waals surface area contributed by atoms with E-state index >= 15 is 0 Å². The molecular weight excluding hydrogens is 292 g/mol. The first-order valence-electron chi connectivity index (χ1n) is 6.62. The Morgan fingerprint density at radius 1 is 1.48 bits per heavy atom. The number of amides is 1. The van der Waals surface area contributed by atoms with Gasteiger partial charge in [0.2, 0.25) is 0 Å². The lowest BCUT2D eigenvalue weighted by Gasteiger charge is -2.16. The lowest BCUT2D eigenvalue weighted by atomic mass is 10.1. The number of nitrogens with one attached hydrogen (secondary N) is 1. The maximum atomic E-state index is 12.2. The van der Waals surface area contributed by atoms with Crippen LogP contribution in [-0.4, -0.2) is 38.7 Å². The SMILES string of the molecule is Cl.NCC(NC(=O)c1cccc(-n2cnnn2)c1)C1CC1. The molecule has 1 aromatic carbocycles. The fourth-order valence-electron chi connectivity index (χ4n) is 2.19. The number of hydrogen-bond acceptors (Lipinski definition) is 5. The molecule has 0 aliphatic heterocycles. The molecule has 1 aromatic heterocycles. The molecule has 0 radical (unpaired) electrons. The van der Waals surface area contributed by atoms with Crippen LogP contribution in [-0.2, 0) is 0 Å². The number of halogens is 1. The van der Waals surface area contributed by atoms with E-state index in [0.717, 1.165) is 18.5 Å². The number of hydrogen-bond donors (Lipinski definition) is 2. The fraction of sp³-hybridized carbons (Fsp3) is 0.385. The van der Waals surface area contributed by atoms with E-state index in [4.69, 9.17) is 5.73 Å². The minimum atomic E-state index is -0.109. The summed E-state index contributed by atoms with van der Waals surface area (Å²) in [4.78, 5) is 12.2. The number of carbonyl (C=O) groups is 1. The highest BCUT2D eigenvalue weighted by molar-refractivity contribution is 5.95. The van der Waals surface area contributed by atoms with E-state index < -0.39 is 0 Å². The maximum Gasteiger partial charge on any atom is 0.251 e. The monoisotopic (exact) mass is 308 g/mol. The predicted molar refractivity (Wildman–Crippen MR) is 79.4 cm³/mol. The number of tetrazole rings is 1. The van der Waals surface area contributed by atoms with Crippen LogP contribution in [0, 0.1) is 5.92 Å². The molecule has 0 spiro atoms. The Labute approximate surface area is 128 Å². The van der Waals surface area contributed by atoms with E-state index in [1.54, 1.807) is 18.2 Å². The van der Waals surface area contributed by atoms with Crippen molar-refractivity contribution in [3.63, 3.8) is 0 Å². The molecule has 1 unspecified atom stereocenters. The number of aromatic nitrogens is 4. The number of rotatable bonds is 5. The van der Waals surface area contributed by atoms with Gasteiger partial charge in [-0.3, -0.25) is 4.79 Å². The van der Waals surface area contributed by atoms with Crippen molar-refractivity contribution in [2.45, 2.75) is 18.9 Å². The van der Waals surface area contributed by atoms with Crippen LogP contribution >= 0.6 is 12.4 Å². The first-order valence-corrected chi connectivity index (χ1v) is 6.62. The van der Waals surface area contributed by atoms with Crippen molar-refractivity contribution in [1.82, 2.24) is 25.5 Å². The second kappa shape index (κ2) is 6.64. The lowest BCUT2D eigenvalue weighted by molar-refractivity contribution is 0.0933. The van der Waals surface area contributed by atoms with Crippen LogP contribution in [0.2, 0.25) is 0 Å². The van der Waals surface area contributed by atoms with E-state index in [2.05, 4.69) is 20.8 Å². The smallest absolute Gasteiger partial charge is 0.251 e. The Morgan fingerprint density at radius 2 is 2.29 bits per heavy atom. The molecule has 0 bridgehead atoms. The number of benzene rings is 1. The van der Waals surface area contributed by atoms with E-state index in [-0.39, 0.29) is 24.4 Å². The van der Waals surface area contributed by atoms with Gasteiger partial charge in [-0.25, -0.2) is 4.68 Å². The number of nitrogens with zero attached hydrogens (tertiary/aromatic N) is 4. The van der Waals surface area contributed by atoms with E-state index in [1.165, 1.54) is 11.0 Å². The second-order valence-electron chi connectivity index (χ2n) is 4.96. The standard InChI is InChI=1S/C13H16N6O.ClH/c14-7-12(9-4-5-9)16-13(20)10-2-1-3-11(6-10)19-8-15-17-18-19;/h1-3,6,8-9,12H,4-5,7,14H2,(H,16,20);1H. The molecule has 1 aliphatic rings. The van der Waals surface area contributed by atoms with Crippen molar-refractivity contribution in [3.05, 3.63) is 36.2 Å². The van der Waals surface area contributed by atoms with Crippen LogP contribution in [0.15, 0.2) is 30.6 Å². The van der Waals surface area contributed by atoms with Gasteiger partial charge in [0.25, 0.3) is 5.91 Å². The summed E-state index contributed by atoms with van der Waals surface area (Å²) in [5.41, 5.74) is 7.03. The van der Waals surface area contributed by atoms with E-state index in [0.29, 0.717) is 18.0 Å². The Bertz CT molecular complexity index is 598. The van der Waals surface area contributed by atoms with Crippen LogP contribution in [0.5, 0.6) is 0 Å². The molecule has 1 fully saturated rings. The normalized spacial score (nSPS) is 15.1. The third-order valence-corrected chi connectivity index (χ3v) is 3.48. The number of carbonyl (C=O) groups excluding carboxylic acids is 1. The van der Waals surface area contributed by atoms with Crippen molar-refractivity contribution < 1.29 is 4.79 Å². The molecule has 3 N–H and O–H groups in total. The summed E-state index contributed by atoms with van der Waals surface area (Å²) in [5, 5.41) is 14.0. The van der Waals surface area contributed by atoms with Crippen molar-refractivity contribution in [3.8, 4) is 5.69 Å². The highest BCUT2D eigenvalue weighted by atomic mass is 35.5. The van der Waals surface area contributed by atoms with E-state index in [1.807, 2.05) is 6.07 Å². The quantitative estimate of drug-likeness (QED) is 0.840. The van der Waals surface area contributed by atoms with Gasteiger partial charge < -0.3 is 11.1 Å². The van der Waals surface area contributed by atoms with Crippen LogP contribution in [0.1, 0.15) is 23.2 Å². The van der Waals surface area contributed by atoms with Gasteiger partial charge in [-0.2, -0.15) is 0 Å². The first kappa shape index (κ1) is 15.4. The molecule has 1 saturated carbocycles. The largest absolute Gasteiger partial charge is 0.348 e. The van der Waals surface area contributed by atoms with Crippen molar-refractivity contribution in [2.75, 3.05) is 6.54 Å². The Balaban J connectivity index is 0.00000161. The average molecular weight is 309 g/mol. The minimum Gasteiger partial charge on any atom is -0.348 e. The van der Waals surface area contributed by atoms with Gasteiger partial charge in [0, 0.05) is 18.2 Å². The van der Waals surface area contributed by atoms with Gasteiger partial charge in [-0.1, -0.05) is 6.07 Å². The fourth-order valence-corrected chi connectivity index (χ4v) is 2.19. The molecule has 1 aliphatic carbocycles. The van der Waals surface area contributed by atoms with Crippen LogP contribution in [0.4, 0.5) is 0 Å². The molecule has 8 heteroatoms. The maximum absolute atomic E-state index is 12.2. The Morgan fingerprint density at radius 3 is 2.90 bits per heavy atom. The first-order chi connectivity index (χ1) is 9.78. The van der Waals surface area contributed by atoms with Gasteiger partial charge in [0.1, 0.15) is 6.33 Å². The zero-order chi connectivity index (χ0) is 13.9. The summed E-state index contributed by atoms with van der Waals surface area (Å²) in [6.07, 6.45) is 3.78. The molecule has 112 valence electrons. The van der Waals surface area contributed by atoms with Gasteiger partial charge in [0.15, 0.2) is 0 Å². The molecule has 21 heavy (non-hydrogen) atoms. The molecular formula is C13H17ClN6O. The third kappa shape index (κ3) is 3.56. The highest BCUT2D eigenvalue weighted by Crippen LogP contribution is 2.32. The van der Waals surface area contributed by atoms with Crippen molar-refractivity contribution >= 4 is 18.3 Å². The number of nitrogens with two attached hydrogens (primary N) is 1. The zero-order valence-corrected chi connectivity index (χ0v) is 12.2. The summed E-state index contributed by atoms with van der Waals surface area (Å²) in [7, 11) is 0. The lowest BCUT2D eigenvalue weighted by Crippen LogP contribution is -2.41. The third-order valence-electron chi connectivity index (χ3n) is 3.48. The zero-order valence-electron chi connectivity index (χ0n) is 11.3. The summed E-state index contributed by atoms with van der Waals surface area (Å²) >= 11 is 0. The van der Waals surface area contributed by atoms with Gasteiger partial charge in [-0.05, 0) is 47.4 Å². The molecule has 0 saturated heterocycles. The summed E-state index contributed by atoms with van der Waals surface area (Å²) in [6.45, 7) is 0.475. The van der Waals surface area contributed by atoms with Gasteiger partial charge in [-0.15, -0.1) is 17.5 Å². The second-order valence-corrected chi connectivity index (χ2v) is 4.96. The van der Waals surface area contributed by atoms with Crippen molar-refractivity contribution in [2.24, 2.45) is 11.7 Å². The van der Waals surface area contributed by atoms with E-state index in [9.17, 15) is 4.79 Å². The summed E-state index contributed by atoms with van der Waals surface area (Å²) < 4.78 is 1.51. The molecule has 3 rings (SSSR count). The highest BCUT2D eigenvalue weighted by Gasteiger charge is 2.31. The molecule has 1 atom stereocenters. The van der Waals surface area contributed by atoms with Gasteiger partial charge in [0.05, 0.1) is 5.69 Å². The molecule has 7 nitrogen and oxygen atoms in total. The molecule has 2 aromatic rings. The Hall–Kier alpha value is -1.99. The summed E-state index contributed by atoms with van der Waals surface area (Å²) in [5.74, 6) is 0.425. The topological polar surface area (TPSA) is 98.7 Å². The minimum absolute atomic E-state index is 0. The Kier molecular flexibility index (Phi) is 4.87. The van der Waals surface area contributed by atoms with Gasteiger partial charge >= 0.3 is 0 Å². The van der Waals surface area contributed by atoms with Crippen LogP contribution in [0.25, 0.3) is 5.69 Å².